The fourth-order valence-electron chi connectivity index (χ4n) is 2.11. The third kappa shape index (κ3) is 2.14. The van der Waals surface area contributed by atoms with Crippen LogP contribution in [0.3, 0.4) is 0 Å². The van der Waals surface area contributed by atoms with Gasteiger partial charge in [-0.2, -0.15) is 5.26 Å². The Morgan fingerprint density at radius 2 is 2.15 bits per heavy atom. The Kier molecular flexibility index (Phi) is 2.95. The molecule has 0 bridgehead atoms. The van der Waals surface area contributed by atoms with Gasteiger partial charge in [-0.3, -0.25) is 18.9 Å². The smallest absolute Gasteiger partial charge is 0.296 e. The molecular formula is C14H12N4O2. The first kappa shape index (κ1) is 12.4. The van der Waals surface area contributed by atoms with Crippen LogP contribution in [-0.2, 0) is 6.54 Å². The molecule has 0 spiro atoms. The van der Waals surface area contributed by atoms with E-state index in [0.717, 1.165) is 17.4 Å². The molecule has 20 heavy (non-hydrogen) atoms. The predicted octanol–water partition coefficient (Wildman–Crippen LogP) is 0.660. The van der Waals surface area contributed by atoms with Crippen molar-refractivity contribution >= 4 is 0 Å². The second-order valence-electron chi connectivity index (χ2n) is 4.79. The molecule has 0 saturated heterocycles. The lowest BCUT2D eigenvalue weighted by atomic mass is 10.3. The van der Waals surface area contributed by atoms with E-state index in [9.17, 15) is 9.59 Å². The summed E-state index contributed by atoms with van der Waals surface area (Å²) in [5.41, 5.74) is -0.321. The first-order valence-electron chi connectivity index (χ1n) is 6.36. The maximum absolute atomic E-state index is 12.3. The van der Waals surface area contributed by atoms with Gasteiger partial charge in [0.05, 0.1) is 12.2 Å². The maximum Gasteiger partial charge on any atom is 0.331 e. The lowest BCUT2D eigenvalue weighted by molar-refractivity contribution is 0.583. The molecule has 0 amide bonds. The van der Waals surface area contributed by atoms with Gasteiger partial charge < -0.3 is 0 Å². The summed E-state index contributed by atoms with van der Waals surface area (Å²) >= 11 is 0. The molecule has 2 aromatic heterocycles. The Morgan fingerprint density at radius 3 is 2.75 bits per heavy atom. The van der Waals surface area contributed by atoms with Crippen LogP contribution in [0, 0.1) is 11.3 Å². The Hall–Kier alpha value is -2.68. The average Bonchev–Trinajstić information content (AvgIpc) is 3.29. The summed E-state index contributed by atoms with van der Waals surface area (Å²) in [5.74, 6) is 0. The van der Waals surface area contributed by atoms with Gasteiger partial charge in [0, 0.05) is 18.4 Å². The van der Waals surface area contributed by atoms with E-state index in [0.29, 0.717) is 5.69 Å². The molecule has 6 heteroatoms. The van der Waals surface area contributed by atoms with Gasteiger partial charge in [-0.25, -0.2) is 4.79 Å². The van der Waals surface area contributed by atoms with Gasteiger partial charge in [-0.15, -0.1) is 0 Å². The van der Waals surface area contributed by atoms with E-state index in [2.05, 4.69) is 4.98 Å². The Bertz CT molecular complexity index is 795. The van der Waals surface area contributed by atoms with Crippen molar-refractivity contribution in [2.24, 2.45) is 0 Å². The summed E-state index contributed by atoms with van der Waals surface area (Å²) in [5, 5.41) is 9.03. The van der Waals surface area contributed by atoms with E-state index in [1.807, 2.05) is 6.07 Å². The first-order valence-corrected chi connectivity index (χ1v) is 6.36. The summed E-state index contributed by atoms with van der Waals surface area (Å²) in [6, 6.07) is 7.27. The second kappa shape index (κ2) is 4.78. The highest BCUT2D eigenvalue weighted by atomic mass is 16.2. The minimum Gasteiger partial charge on any atom is -0.296 e. The predicted molar refractivity (Wildman–Crippen MR) is 71.3 cm³/mol. The summed E-state index contributed by atoms with van der Waals surface area (Å²) in [7, 11) is 0. The largest absolute Gasteiger partial charge is 0.331 e. The third-order valence-electron chi connectivity index (χ3n) is 3.30. The van der Waals surface area contributed by atoms with Crippen LogP contribution in [-0.4, -0.2) is 14.1 Å². The number of rotatable bonds is 3. The van der Waals surface area contributed by atoms with Crippen molar-refractivity contribution in [3.63, 3.8) is 0 Å². The van der Waals surface area contributed by atoms with Gasteiger partial charge in [-0.05, 0) is 25.0 Å². The number of aromatic nitrogens is 3. The topological polar surface area (TPSA) is 80.7 Å². The molecule has 2 aromatic rings. The molecule has 100 valence electrons. The van der Waals surface area contributed by atoms with Crippen LogP contribution >= 0.6 is 0 Å². The molecule has 3 rings (SSSR count). The standard InChI is InChI=1S/C14H12N4O2/c15-7-10-8-17(12-4-5-12)14(20)18(13(10)19)9-11-3-1-2-6-16-11/h1-3,6,8,12H,4-5,9H2. The summed E-state index contributed by atoms with van der Waals surface area (Å²) in [6.45, 7) is 0.0841. The lowest BCUT2D eigenvalue weighted by Gasteiger charge is -2.09. The number of nitriles is 1. The average molecular weight is 268 g/mol. The van der Waals surface area contributed by atoms with E-state index in [1.54, 1.807) is 24.4 Å². The fraction of sp³-hybridized carbons (Fsp3) is 0.286. The van der Waals surface area contributed by atoms with E-state index in [1.165, 1.54) is 10.8 Å². The van der Waals surface area contributed by atoms with Crippen LogP contribution < -0.4 is 11.2 Å². The first-order chi connectivity index (χ1) is 9.70. The van der Waals surface area contributed by atoms with Crippen molar-refractivity contribution in [2.75, 3.05) is 0 Å². The number of hydrogen-bond donors (Lipinski definition) is 0. The van der Waals surface area contributed by atoms with E-state index >= 15 is 0 Å². The molecule has 1 saturated carbocycles. The van der Waals surface area contributed by atoms with Gasteiger partial charge in [0.25, 0.3) is 5.56 Å². The minimum absolute atomic E-state index is 0.00701. The molecule has 0 aliphatic heterocycles. The zero-order valence-corrected chi connectivity index (χ0v) is 10.7. The van der Waals surface area contributed by atoms with Gasteiger partial charge in [0.15, 0.2) is 0 Å². The lowest BCUT2D eigenvalue weighted by Crippen LogP contribution is -2.41. The minimum atomic E-state index is -0.556. The molecule has 2 heterocycles. The Balaban J connectivity index is 2.14. The van der Waals surface area contributed by atoms with Crippen molar-refractivity contribution in [1.29, 1.82) is 5.26 Å². The zero-order chi connectivity index (χ0) is 14.1. The summed E-state index contributed by atoms with van der Waals surface area (Å²) < 4.78 is 2.57. The quantitative estimate of drug-likeness (QED) is 0.819. The van der Waals surface area contributed by atoms with Crippen LogP contribution in [0.2, 0.25) is 0 Å². The van der Waals surface area contributed by atoms with Crippen LogP contribution in [0.5, 0.6) is 0 Å². The van der Waals surface area contributed by atoms with Crippen molar-refractivity contribution in [2.45, 2.75) is 25.4 Å². The van der Waals surface area contributed by atoms with Crippen LogP contribution in [0.1, 0.15) is 30.1 Å². The highest BCUT2D eigenvalue weighted by molar-refractivity contribution is 5.23. The van der Waals surface area contributed by atoms with E-state index in [-0.39, 0.29) is 23.8 Å². The van der Waals surface area contributed by atoms with Crippen LogP contribution in [0.4, 0.5) is 0 Å². The van der Waals surface area contributed by atoms with Crippen molar-refractivity contribution in [1.82, 2.24) is 14.1 Å². The van der Waals surface area contributed by atoms with Crippen LogP contribution in [0.15, 0.2) is 40.2 Å². The summed E-state index contributed by atoms with van der Waals surface area (Å²) in [6.07, 6.45) is 4.80. The SMILES string of the molecule is N#Cc1cn(C2CC2)c(=O)n(Cc2ccccn2)c1=O. The van der Waals surface area contributed by atoms with E-state index < -0.39 is 5.56 Å². The molecule has 0 radical (unpaired) electrons. The van der Waals surface area contributed by atoms with Crippen molar-refractivity contribution in [3.8, 4) is 6.07 Å². The highest BCUT2D eigenvalue weighted by Crippen LogP contribution is 2.33. The Morgan fingerprint density at radius 1 is 1.35 bits per heavy atom. The molecular weight excluding hydrogens is 256 g/mol. The normalized spacial score (nSPS) is 13.9. The van der Waals surface area contributed by atoms with Crippen LogP contribution in [0.25, 0.3) is 0 Å². The second-order valence-corrected chi connectivity index (χ2v) is 4.79. The Labute approximate surface area is 114 Å². The molecule has 6 nitrogen and oxygen atoms in total. The number of pyridine rings is 1. The van der Waals surface area contributed by atoms with Gasteiger partial charge in [0.2, 0.25) is 0 Å². The number of nitrogens with zero attached hydrogens (tertiary/aromatic N) is 4. The molecule has 0 aromatic carbocycles. The monoisotopic (exact) mass is 268 g/mol. The highest BCUT2D eigenvalue weighted by Gasteiger charge is 2.26. The fourth-order valence-corrected chi connectivity index (χ4v) is 2.11. The zero-order valence-electron chi connectivity index (χ0n) is 10.7. The third-order valence-corrected chi connectivity index (χ3v) is 3.30. The van der Waals surface area contributed by atoms with Crippen molar-refractivity contribution < 1.29 is 0 Å². The van der Waals surface area contributed by atoms with Gasteiger partial charge in [-0.1, -0.05) is 6.07 Å². The molecule has 0 atom stereocenters. The molecule has 1 aliphatic rings. The number of hydrogen-bond acceptors (Lipinski definition) is 4. The van der Waals surface area contributed by atoms with Gasteiger partial charge >= 0.3 is 5.69 Å². The van der Waals surface area contributed by atoms with E-state index in [4.69, 9.17) is 5.26 Å². The molecule has 1 fully saturated rings. The molecule has 1 aliphatic carbocycles. The summed E-state index contributed by atoms with van der Waals surface area (Å²) in [4.78, 5) is 28.6. The van der Waals surface area contributed by atoms with Gasteiger partial charge in [0.1, 0.15) is 11.6 Å². The molecule has 0 N–H and O–H groups in total. The molecule has 0 unspecified atom stereocenters. The van der Waals surface area contributed by atoms with Crippen molar-refractivity contribution in [3.05, 3.63) is 62.7 Å². The maximum atomic E-state index is 12.3.